The van der Waals surface area contributed by atoms with Crippen LogP contribution in [0.1, 0.15) is 37.1 Å². The summed E-state index contributed by atoms with van der Waals surface area (Å²) in [4.78, 5) is 27.7. The van der Waals surface area contributed by atoms with Crippen molar-refractivity contribution in [2.75, 3.05) is 52.3 Å². The Labute approximate surface area is 176 Å². The lowest BCUT2D eigenvalue weighted by molar-refractivity contribution is -0.892. The minimum Gasteiger partial charge on any atom is -0.466 e. The molecule has 1 aliphatic heterocycles. The molecule has 1 heterocycles. The molecule has 2 atom stereocenters. The van der Waals surface area contributed by atoms with E-state index in [2.05, 4.69) is 0 Å². The number of carbonyl (C=O) groups excluding carboxylic acids is 2. The number of ether oxygens (including phenoxy) is 2. The molecule has 1 aromatic rings. The first kappa shape index (κ1) is 23.6. The van der Waals surface area contributed by atoms with Gasteiger partial charge in [0.15, 0.2) is 6.54 Å². The predicted octanol–water partition coefficient (Wildman–Crippen LogP) is 1.66. The standard InChI is InChI=1S/C21H31FN2O4S/c1-3-28-20(26)6-4-11-23(12-5-14-27-2)16-19(25)24-13-15-29-21(24)17-7-9-18(22)10-8-17/h7-10,21H,3-6,11-16H2,1-2H3/p+1/t21-/m0/s1. The number of thioether (sulfide) groups is 1. The Morgan fingerprint density at radius 2 is 1.97 bits per heavy atom. The second-order valence-electron chi connectivity index (χ2n) is 7.04. The number of hydrogen-bond donors (Lipinski definition) is 1. The van der Waals surface area contributed by atoms with Crippen LogP contribution in [0.4, 0.5) is 4.39 Å². The predicted molar refractivity (Wildman–Crippen MR) is 111 cm³/mol. The van der Waals surface area contributed by atoms with Crippen molar-refractivity contribution in [3.8, 4) is 0 Å². The van der Waals surface area contributed by atoms with Crippen molar-refractivity contribution >= 4 is 23.6 Å². The van der Waals surface area contributed by atoms with E-state index in [-0.39, 0.29) is 23.1 Å². The van der Waals surface area contributed by atoms with Gasteiger partial charge in [-0.2, -0.15) is 0 Å². The van der Waals surface area contributed by atoms with Crippen LogP contribution in [-0.4, -0.2) is 69.0 Å². The monoisotopic (exact) mass is 427 g/mol. The fourth-order valence-electron chi connectivity index (χ4n) is 3.43. The highest BCUT2D eigenvalue weighted by molar-refractivity contribution is 7.99. The van der Waals surface area contributed by atoms with Gasteiger partial charge < -0.3 is 19.3 Å². The Kier molecular flexibility index (Phi) is 10.5. The second-order valence-corrected chi connectivity index (χ2v) is 8.23. The first-order valence-electron chi connectivity index (χ1n) is 10.2. The van der Waals surface area contributed by atoms with Crippen LogP contribution in [0.2, 0.25) is 0 Å². The molecule has 6 nitrogen and oxygen atoms in total. The van der Waals surface area contributed by atoms with Gasteiger partial charge in [-0.15, -0.1) is 11.8 Å². The third-order valence-electron chi connectivity index (χ3n) is 4.86. The number of amides is 1. The Balaban J connectivity index is 1.93. The van der Waals surface area contributed by atoms with Gasteiger partial charge in [0.1, 0.15) is 11.2 Å². The van der Waals surface area contributed by atoms with Gasteiger partial charge in [-0.1, -0.05) is 12.1 Å². The topological polar surface area (TPSA) is 60.3 Å². The summed E-state index contributed by atoms with van der Waals surface area (Å²) in [6.07, 6.45) is 1.91. The molecule has 1 amide bonds. The van der Waals surface area contributed by atoms with Crippen molar-refractivity contribution in [3.63, 3.8) is 0 Å². The van der Waals surface area contributed by atoms with Crippen LogP contribution in [0, 0.1) is 5.82 Å². The van der Waals surface area contributed by atoms with Crippen molar-refractivity contribution in [1.29, 1.82) is 0 Å². The molecule has 0 aliphatic carbocycles. The van der Waals surface area contributed by atoms with E-state index in [0.29, 0.717) is 39.1 Å². The van der Waals surface area contributed by atoms with Gasteiger partial charge in [-0.3, -0.25) is 9.59 Å². The summed E-state index contributed by atoms with van der Waals surface area (Å²) in [5, 5.41) is -0.0668. The van der Waals surface area contributed by atoms with E-state index in [1.165, 1.54) is 12.1 Å². The molecule has 2 rings (SSSR count). The van der Waals surface area contributed by atoms with Gasteiger partial charge in [-0.25, -0.2) is 4.39 Å². The van der Waals surface area contributed by atoms with Gasteiger partial charge >= 0.3 is 5.97 Å². The maximum Gasteiger partial charge on any atom is 0.305 e. The summed E-state index contributed by atoms with van der Waals surface area (Å²) in [6.45, 7) is 5.45. The lowest BCUT2D eigenvalue weighted by Crippen LogP contribution is -3.13. The molecular formula is C21H32FN2O4S+. The van der Waals surface area contributed by atoms with Gasteiger partial charge in [0.2, 0.25) is 0 Å². The number of hydrogen-bond acceptors (Lipinski definition) is 5. The molecule has 0 radical (unpaired) electrons. The summed E-state index contributed by atoms with van der Waals surface area (Å²) in [7, 11) is 1.67. The quantitative estimate of drug-likeness (QED) is 0.406. The molecule has 1 N–H and O–H groups in total. The summed E-state index contributed by atoms with van der Waals surface area (Å²) in [5.41, 5.74) is 0.950. The number of nitrogens with one attached hydrogen (secondary N) is 1. The molecule has 162 valence electrons. The molecule has 8 heteroatoms. The van der Waals surface area contributed by atoms with E-state index < -0.39 is 0 Å². The highest BCUT2D eigenvalue weighted by Gasteiger charge is 2.32. The van der Waals surface area contributed by atoms with Crippen molar-refractivity contribution < 1.29 is 28.4 Å². The smallest absolute Gasteiger partial charge is 0.305 e. The highest BCUT2D eigenvalue weighted by Crippen LogP contribution is 2.37. The Bertz CT molecular complexity index is 644. The van der Waals surface area contributed by atoms with E-state index in [4.69, 9.17) is 9.47 Å². The van der Waals surface area contributed by atoms with Crippen LogP contribution in [0.25, 0.3) is 0 Å². The van der Waals surface area contributed by atoms with Crippen LogP contribution in [0.15, 0.2) is 24.3 Å². The molecule has 1 aromatic carbocycles. The fraction of sp³-hybridized carbons (Fsp3) is 0.619. The number of methoxy groups -OCH3 is 1. The van der Waals surface area contributed by atoms with Crippen LogP contribution < -0.4 is 4.90 Å². The maximum atomic E-state index is 13.2. The van der Waals surface area contributed by atoms with Crippen LogP contribution in [-0.2, 0) is 19.1 Å². The third kappa shape index (κ3) is 7.95. The molecule has 1 unspecified atom stereocenters. The molecule has 0 spiro atoms. The molecular weight excluding hydrogens is 395 g/mol. The zero-order valence-electron chi connectivity index (χ0n) is 17.3. The minimum absolute atomic E-state index is 0.0668. The number of carbonyl (C=O) groups is 2. The zero-order chi connectivity index (χ0) is 21.1. The average molecular weight is 428 g/mol. The van der Waals surface area contributed by atoms with Gasteiger partial charge in [-0.05, 0) is 24.6 Å². The van der Waals surface area contributed by atoms with Crippen molar-refractivity contribution in [1.82, 2.24) is 4.90 Å². The Morgan fingerprint density at radius 3 is 2.66 bits per heavy atom. The molecule has 0 aromatic heterocycles. The average Bonchev–Trinajstić information content (AvgIpc) is 3.19. The van der Waals surface area contributed by atoms with Gasteiger partial charge in [0.05, 0.1) is 32.7 Å². The molecule has 0 bridgehead atoms. The summed E-state index contributed by atoms with van der Waals surface area (Å²) < 4.78 is 23.4. The molecule has 0 saturated carbocycles. The van der Waals surface area contributed by atoms with E-state index in [0.717, 1.165) is 35.7 Å². The third-order valence-corrected chi connectivity index (χ3v) is 6.12. The van der Waals surface area contributed by atoms with Crippen molar-refractivity contribution in [3.05, 3.63) is 35.6 Å². The number of nitrogens with zero attached hydrogens (tertiary/aromatic N) is 1. The van der Waals surface area contributed by atoms with E-state index in [9.17, 15) is 14.0 Å². The number of rotatable bonds is 12. The highest BCUT2D eigenvalue weighted by atomic mass is 32.2. The Hall–Kier alpha value is -1.64. The van der Waals surface area contributed by atoms with Gasteiger partial charge in [0, 0.05) is 32.2 Å². The van der Waals surface area contributed by atoms with Crippen LogP contribution >= 0.6 is 11.8 Å². The van der Waals surface area contributed by atoms with Crippen LogP contribution in [0.5, 0.6) is 0 Å². The summed E-state index contributed by atoms with van der Waals surface area (Å²) in [5.74, 6) is 0.496. The maximum absolute atomic E-state index is 13.2. The van der Waals surface area contributed by atoms with Gasteiger partial charge in [0.25, 0.3) is 5.91 Å². The molecule has 1 aliphatic rings. The normalized spacial score (nSPS) is 17.3. The minimum atomic E-state index is -0.273. The molecule has 1 saturated heterocycles. The zero-order valence-corrected chi connectivity index (χ0v) is 18.1. The lowest BCUT2D eigenvalue weighted by Gasteiger charge is -2.26. The second kappa shape index (κ2) is 12.8. The number of esters is 1. The number of benzene rings is 1. The SMILES string of the molecule is CCOC(=O)CCC[NH+](CCCOC)CC(=O)N1CCS[C@H]1c1ccc(F)cc1. The van der Waals surface area contributed by atoms with E-state index >= 15 is 0 Å². The van der Waals surface area contributed by atoms with Crippen LogP contribution in [0.3, 0.4) is 0 Å². The Morgan fingerprint density at radius 1 is 1.24 bits per heavy atom. The van der Waals surface area contributed by atoms with Crippen molar-refractivity contribution in [2.24, 2.45) is 0 Å². The van der Waals surface area contributed by atoms with E-state index in [1.54, 1.807) is 37.9 Å². The summed E-state index contributed by atoms with van der Waals surface area (Å²) in [6, 6.07) is 6.38. The number of quaternary nitrogens is 1. The lowest BCUT2D eigenvalue weighted by atomic mass is 10.2. The number of halogens is 1. The fourth-order valence-corrected chi connectivity index (χ4v) is 4.71. The summed E-state index contributed by atoms with van der Waals surface area (Å²) >= 11 is 1.71. The first-order chi connectivity index (χ1) is 14.0. The molecule has 29 heavy (non-hydrogen) atoms. The van der Waals surface area contributed by atoms with E-state index in [1.807, 2.05) is 4.90 Å². The largest absolute Gasteiger partial charge is 0.466 e. The first-order valence-corrected chi connectivity index (χ1v) is 11.2. The molecule has 1 fully saturated rings. The van der Waals surface area contributed by atoms with Crippen molar-refractivity contribution in [2.45, 2.75) is 31.6 Å².